The van der Waals surface area contributed by atoms with Crippen molar-refractivity contribution < 1.29 is 5.11 Å². The maximum absolute atomic E-state index is 10.1. The van der Waals surface area contributed by atoms with Crippen LogP contribution in [0.15, 0.2) is 12.3 Å². The van der Waals surface area contributed by atoms with Crippen LogP contribution in [0.5, 0.6) is 0 Å². The topological polar surface area (TPSA) is 86.2 Å². The molecule has 1 aromatic heterocycles. The second-order valence-corrected chi connectivity index (χ2v) is 5.27. The summed E-state index contributed by atoms with van der Waals surface area (Å²) < 4.78 is 0. The van der Waals surface area contributed by atoms with Gasteiger partial charge in [-0.05, 0) is 31.4 Å². The zero-order valence-corrected chi connectivity index (χ0v) is 11.6. The van der Waals surface area contributed by atoms with E-state index in [1.165, 1.54) is 0 Å². The molecule has 2 unspecified atom stereocenters. The predicted molar refractivity (Wildman–Crippen MR) is 76.7 cm³/mol. The summed E-state index contributed by atoms with van der Waals surface area (Å²) >= 11 is 0. The summed E-state index contributed by atoms with van der Waals surface area (Å²) in [5.41, 5.74) is 7.28. The Hall–Kier alpha value is -1.62. The van der Waals surface area contributed by atoms with Crippen LogP contribution in [0.1, 0.15) is 36.8 Å². The van der Waals surface area contributed by atoms with Crippen molar-refractivity contribution in [2.75, 3.05) is 11.9 Å². The lowest BCUT2D eigenvalue weighted by molar-refractivity contribution is 0.106. The number of anilines is 1. The molecule has 0 saturated heterocycles. The molecule has 5 nitrogen and oxygen atoms in total. The zero-order valence-electron chi connectivity index (χ0n) is 11.6. The second kappa shape index (κ2) is 5.57. The largest absolute Gasteiger partial charge is 0.391 e. The lowest BCUT2D eigenvalue weighted by Crippen LogP contribution is -2.44. The number of nitrogens with one attached hydrogen (secondary N) is 1. The summed E-state index contributed by atoms with van der Waals surface area (Å²) in [4.78, 5) is 6.34. The van der Waals surface area contributed by atoms with Gasteiger partial charge < -0.3 is 15.7 Å². The van der Waals surface area contributed by atoms with Crippen LogP contribution in [-0.4, -0.2) is 35.1 Å². The fourth-order valence-corrected chi connectivity index (χ4v) is 2.84. The summed E-state index contributed by atoms with van der Waals surface area (Å²) in [6.45, 7) is 1.92. The first kappa shape index (κ1) is 13.8. The van der Waals surface area contributed by atoms with E-state index in [2.05, 4.69) is 4.98 Å². The van der Waals surface area contributed by atoms with Gasteiger partial charge in [-0.15, -0.1) is 0 Å². The van der Waals surface area contributed by atoms with Crippen LogP contribution in [0, 0.1) is 12.3 Å². The monoisotopic (exact) mass is 262 g/mol. The molecule has 2 rings (SSSR count). The molecular formula is C14H22N4O. The fourth-order valence-electron chi connectivity index (χ4n) is 2.84. The van der Waals surface area contributed by atoms with Crippen LogP contribution in [0.3, 0.4) is 0 Å². The Morgan fingerprint density at radius 2 is 2.16 bits per heavy atom. The number of nitrogens with two attached hydrogens (primary N) is 1. The number of aliphatic hydroxyl groups is 1. The molecule has 1 saturated carbocycles. The third kappa shape index (κ3) is 2.71. The Labute approximate surface area is 114 Å². The van der Waals surface area contributed by atoms with Gasteiger partial charge in [-0.1, -0.05) is 12.8 Å². The van der Waals surface area contributed by atoms with Crippen molar-refractivity contribution >= 4 is 11.7 Å². The number of hydrogen-bond donors (Lipinski definition) is 3. The average molecular weight is 262 g/mol. The van der Waals surface area contributed by atoms with E-state index in [1.54, 1.807) is 6.20 Å². The lowest BCUT2D eigenvalue weighted by Gasteiger charge is -2.36. The van der Waals surface area contributed by atoms with Crippen LogP contribution in [0.25, 0.3) is 0 Å². The molecule has 1 aromatic rings. The molecule has 5 heteroatoms. The maximum atomic E-state index is 10.1. The van der Waals surface area contributed by atoms with Gasteiger partial charge in [0.05, 0.1) is 17.7 Å². The van der Waals surface area contributed by atoms with Crippen LogP contribution in [-0.2, 0) is 0 Å². The van der Waals surface area contributed by atoms with Gasteiger partial charge in [0.2, 0.25) is 0 Å². The summed E-state index contributed by atoms with van der Waals surface area (Å²) in [5.74, 6) is 0.719. The zero-order chi connectivity index (χ0) is 14.0. The highest BCUT2D eigenvalue weighted by molar-refractivity contribution is 6.01. The number of aromatic nitrogens is 1. The van der Waals surface area contributed by atoms with Gasteiger partial charge in [-0.3, -0.25) is 5.41 Å². The standard InChI is InChI=1S/C14H22N4O/c1-9-7-8-17-14(12(9)13(15)16)18(2)10-5-3-4-6-11(10)19/h7-8,10-11,19H,3-6H2,1-2H3,(H3,15,16). The van der Waals surface area contributed by atoms with Crippen molar-refractivity contribution in [2.45, 2.75) is 44.8 Å². The molecule has 0 aromatic carbocycles. The minimum Gasteiger partial charge on any atom is -0.391 e. The van der Waals surface area contributed by atoms with Crippen molar-refractivity contribution in [3.8, 4) is 0 Å². The summed E-state index contributed by atoms with van der Waals surface area (Å²) in [7, 11) is 1.92. The molecule has 104 valence electrons. The predicted octanol–water partition coefficient (Wildman–Crippen LogP) is 1.41. The van der Waals surface area contributed by atoms with E-state index in [0.717, 1.165) is 31.2 Å². The fraction of sp³-hybridized carbons (Fsp3) is 0.571. The number of hydrogen-bond acceptors (Lipinski definition) is 4. The second-order valence-electron chi connectivity index (χ2n) is 5.27. The number of rotatable bonds is 3. The van der Waals surface area contributed by atoms with E-state index in [0.29, 0.717) is 11.4 Å². The third-order valence-electron chi connectivity index (χ3n) is 3.93. The van der Waals surface area contributed by atoms with E-state index in [4.69, 9.17) is 11.1 Å². The van der Waals surface area contributed by atoms with Crippen LogP contribution < -0.4 is 10.6 Å². The molecule has 0 amide bonds. The number of nitrogens with zero attached hydrogens (tertiary/aromatic N) is 2. The highest BCUT2D eigenvalue weighted by Crippen LogP contribution is 2.28. The molecule has 4 N–H and O–H groups in total. The normalized spacial score (nSPS) is 23.1. The van der Waals surface area contributed by atoms with Gasteiger partial charge in [0, 0.05) is 13.2 Å². The number of aliphatic hydroxyl groups excluding tert-OH is 1. The van der Waals surface area contributed by atoms with Crippen molar-refractivity contribution in [1.82, 2.24) is 4.98 Å². The third-order valence-corrected chi connectivity index (χ3v) is 3.93. The Balaban J connectivity index is 2.35. The highest BCUT2D eigenvalue weighted by Gasteiger charge is 2.29. The molecule has 1 fully saturated rings. The molecule has 19 heavy (non-hydrogen) atoms. The maximum Gasteiger partial charge on any atom is 0.139 e. The average Bonchev–Trinajstić information content (AvgIpc) is 2.37. The first-order valence-corrected chi connectivity index (χ1v) is 6.73. The Morgan fingerprint density at radius 1 is 1.47 bits per heavy atom. The molecule has 0 aliphatic heterocycles. The first-order valence-electron chi connectivity index (χ1n) is 6.73. The number of pyridine rings is 1. The Bertz CT molecular complexity index is 475. The van der Waals surface area contributed by atoms with Crippen LogP contribution in [0.2, 0.25) is 0 Å². The molecular weight excluding hydrogens is 240 g/mol. The molecule has 1 aliphatic carbocycles. The minimum absolute atomic E-state index is 0.0257. The first-order chi connectivity index (χ1) is 9.02. The number of aryl methyl sites for hydroxylation is 1. The van der Waals surface area contributed by atoms with E-state index in [9.17, 15) is 5.11 Å². The number of likely N-dealkylation sites (N-methyl/N-ethyl adjacent to an activating group) is 1. The Morgan fingerprint density at radius 3 is 2.79 bits per heavy atom. The van der Waals surface area contributed by atoms with Crippen molar-refractivity contribution in [2.24, 2.45) is 5.73 Å². The molecule has 1 aliphatic rings. The molecule has 2 atom stereocenters. The van der Waals surface area contributed by atoms with Crippen molar-refractivity contribution in [3.63, 3.8) is 0 Å². The van der Waals surface area contributed by atoms with Gasteiger partial charge in [0.25, 0.3) is 0 Å². The highest BCUT2D eigenvalue weighted by atomic mass is 16.3. The molecule has 0 radical (unpaired) electrons. The SMILES string of the molecule is Cc1ccnc(N(C)C2CCCCC2O)c1C(=N)N. The minimum atomic E-state index is -0.333. The summed E-state index contributed by atoms with van der Waals surface area (Å²) in [6, 6.07) is 1.91. The number of amidine groups is 1. The quantitative estimate of drug-likeness (QED) is 0.568. The van der Waals surface area contributed by atoms with E-state index >= 15 is 0 Å². The van der Waals surface area contributed by atoms with E-state index < -0.39 is 0 Å². The van der Waals surface area contributed by atoms with Crippen molar-refractivity contribution in [1.29, 1.82) is 5.41 Å². The van der Waals surface area contributed by atoms with Gasteiger partial charge in [-0.2, -0.15) is 0 Å². The molecule has 0 spiro atoms. The van der Waals surface area contributed by atoms with Gasteiger partial charge in [0.1, 0.15) is 11.7 Å². The van der Waals surface area contributed by atoms with Crippen LogP contribution >= 0.6 is 0 Å². The molecule has 0 bridgehead atoms. The lowest BCUT2D eigenvalue weighted by atomic mass is 9.91. The van der Waals surface area contributed by atoms with Gasteiger partial charge in [0.15, 0.2) is 0 Å². The van der Waals surface area contributed by atoms with Gasteiger partial charge >= 0.3 is 0 Å². The van der Waals surface area contributed by atoms with E-state index in [-0.39, 0.29) is 18.0 Å². The van der Waals surface area contributed by atoms with Crippen LogP contribution in [0.4, 0.5) is 5.82 Å². The summed E-state index contributed by atoms with van der Waals surface area (Å²) in [5, 5.41) is 17.9. The smallest absolute Gasteiger partial charge is 0.139 e. The summed E-state index contributed by atoms with van der Waals surface area (Å²) in [6.07, 6.45) is 5.37. The Kier molecular flexibility index (Phi) is 4.04. The molecule has 1 heterocycles. The van der Waals surface area contributed by atoms with Gasteiger partial charge in [-0.25, -0.2) is 4.98 Å². The number of nitrogen functional groups attached to an aromatic ring is 1. The van der Waals surface area contributed by atoms with E-state index in [1.807, 2.05) is 24.9 Å². The van der Waals surface area contributed by atoms with Crippen molar-refractivity contribution in [3.05, 3.63) is 23.4 Å².